The summed E-state index contributed by atoms with van der Waals surface area (Å²) in [6, 6.07) is 4.76. The molecule has 1 heterocycles. The SMILES string of the molecule is CCNC(=NCCN(C)CCOC)NC(C)Cc1ccc(C)s1.I. The number of nitrogens with one attached hydrogen (secondary N) is 2. The van der Waals surface area contributed by atoms with E-state index in [1.807, 2.05) is 11.3 Å². The topological polar surface area (TPSA) is 48.9 Å². The van der Waals surface area contributed by atoms with E-state index in [-0.39, 0.29) is 24.0 Å². The van der Waals surface area contributed by atoms with Crippen molar-refractivity contribution in [1.29, 1.82) is 0 Å². The van der Waals surface area contributed by atoms with Gasteiger partial charge in [-0.3, -0.25) is 4.99 Å². The van der Waals surface area contributed by atoms with E-state index in [4.69, 9.17) is 4.74 Å². The quantitative estimate of drug-likeness (QED) is 0.315. The molecule has 1 aromatic heterocycles. The number of methoxy groups -OCH3 is 1. The minimum Gasteiger partial charge on any atom is -0.383 e. The van der Waals surface area contributed by atoms with E-state index in [0.29, 0.717) is 6.04 Å². The van der Waals surface area contributed by atoms with Crippen LogP contribution in [0.1, 0.15) is 23.6 Å². The monoisotopic (exact) mass is 468 g/mol. The van der Waals surface area contributed by atoms with Crippen molar-refractivity contribution in [3.63, 3.8) is 0 Å². The molecule has 5 nitrogen and oxygen atoms in total. The first-order valence-electron chi connectivity index (χ1n) is 8.32. The van der Waals surface area contributed by atoms with Crippen LogP contribution in [0.15, 0.2) is 17.1 Å². The normalized spacial score (nSPS) is 12.8. The van der Waals surface area contributed by atoms with E-state index < -0.39 is 0 Å². The van der Waals surface area contributed by atoms with Crippen molar-refractivity contribution in [2.45, 2.75) is 33.2 Å². The highest BCUT2D eigenvalue weighted by atomic mass is 127. The van der Waals surface area contributed by atoms with Crippen LogP contribution in [0.3, 0.4) is 0 Å². The molecule has 0 bridgehead atoms. The van der Waals surface area contributed by atoms with Crippen LogP contribution in [0.5, 0.6) is 0 Å². The van der Waals surface area contributed by atoms with Gasteiger partial charge in [-0.25, -0.2) is 0 Å². The second-order valence-corrected chi connectivity index (χ2v) is 7.19. The van der Waals surface area contributed by atoms with Crippen LogP contribution in [0.4, 0.5) is 0 Å². The maximum absolute atomic E-state index is 5.09. The maximum Gasteiger partial charge on any atom is 0.191 e. The fraction of sp³-hybridized carbons (Fsp3) is 0.706. The number of aryl methyl sites for hydroxylation is 1. The number of hydrogen-bond acceptors (Lipinski definition) is 4. The first-order chi connectivity index (χ1) is 11.0. The molecule has 0 spiro atoms. The Morgan fingerprint density at radius 2 is 2.12 bits per heavy atom. The molecule has 0 amide bonds. The second-order valence-electron chi connectivity index (χ2n) is 5.82. The van der Waals surface area contributed by atoms with E-state index in [0.717, 1.165) is 45.2 Å². The Labute approximate surface area is 168 Å². The molecule has 0 radical (unpaired) electrons. The van der Waals surface area contributed by atoms with Gasteiger partial charge in [-0.1, -0.05) is 0 Å². The van der Waals surface area contributed by atoms with Crippen LogP contribution < -0.4 is 10.6 Å². The molecular weight excluding hydrogens is 435 g/mol. The number of nitrogens with zero attached hydrogens (tertiary/aromatic N) is 2. The Hall–Kier alpha value is -0.380. The van der Waals surface area contributed by atoms with Crippen LogP contribution >= 0.6 is 35.3 Å². The highest BCUT2D eigenvalue weighted by Crippen LogP contribution is 2.16. The summed E-state index contributed by atoms with van der Waals surface area (Å²) in [5.74, 6) is 0.897. The summed E-state index contributed by atoms with van der Waals surface area (Å²) in [6.07, 6.45) is 1.02. The molecule has 0 aliphatic heterocycles. The van der Waals surface area contributed by atoms with Crippen molar-refractivity contribution in [3.05, 3.63) is 21.9 Å². The van der Waals surface area contributed by atoms with Gasteiger partial charge in [-0.2, -0.15) is 0 Å². The molecule has 140 valence electrons. The van der Waals surface area contributed by atoms with Gasteiger partial charge in [-0.05, 0) is 40.0 Å². The molecule has 7 heteroatoms. The van der Waals surface area contributed by atoms with Crippen LogP contribution in [0, 0.1) is 6.92 Å². The molecule has 2 N–H and O–H groups in total. The minimum atomic E-state index is 0. The summed E-state index contributed by atoms with van der Waals surface area (Å²) in [5, 5.41) is 6.82. The predicted molar refractivity (Wildman–Crippen MR) is 116 cm³/mol. The van der Waals surface area contributed by atoms with Crippen LogP contribution in [0.25, 0.3) is 0 Å². The first-order valence-corrected chi connectivity index (χ1v) is 9.14. The number of guanidine groups is 1. The largest absolute Gasteiger partial charge is 0.383 e. The fourth-order valence-electron chi connectivity index (χ4n) is 2.19. The molecule has 0 aliphatic rings. The van der Waals surface area contributed by atoms with Crippen LogP contribution in [-0.4, -0.2) is 63.8 Å². The number of aliphatic imine (C=N–C) groups is 1. The lowest BCUT2D eigenvalue weighted by atomic mass is 10.2. The standard InChI is InChI=1S/C17H32N4OS.HI/c1-6-18-17(19-9-10-21(4)11-12-22-5)20-14(2)13-16-8-7-15(3)23-16;/h7-8,14H,6,9-13H2,1-5H3,(H2,18,19,20);1H. The Kier molecular flexibility index (Phi) is 13.6. The second kappa shape index (κ2) is 13.9. The minimum absolute atomic E-state index is 0. The summed E-state index contributed by atoms with van der Waals surface area (Å²) in [7, 11) is 3.83. The summed E-state index contributed by atoms with van der Waals surface area (Å²) in [4.78, 5) is 9.68. The van der Waals surface area contributed by atoms with E-state index in [1.54, 1.807) is 7.11 Å². The summed E-state index contributed by atoms with van der Waals surface area (Å²) in [6.45, 7) is 10.7. The van der Waals surface area contributed by atoms with Gasteiger partial charge in [0.25, 0.3) is 0 Å². The Morgan fingerprint density at radius 3 is 2.71 bits per heavy atom. The average molecular weight is 468 g/mol. The van der Waals surface area contributed by atoms with Crippen molar-refractivity contribution in [1.82, 2.24) is 15.5 Å². The number of likely N-dealkylation sites (N-methyl/N-ethyl adjacent to an activating group) is 1. The number of halogens is 1. The third kappa shape index (κ3) is 10.5. The Morgan fingerprint density at radius 1 is 1.38 bits per heavy atom. The van der Waals surface area contributed by atoms with E-state index in [9.17, 15) is 0 Å². The van der Waals surface area contributed by atoms with Gasteiger partial charge in [0.05, 0.1) is 13.2 Å². The molecule has 24 heavy (non-hydrogen) atoms. The third-order valence-electron chi connectivity index (χ3n) is 3.46. The zero-order valence-electron chi connectivity index (χ0n) is 15.6. The van der Waals surface area contributed by atoms with Crippen LogP contribution in [-0.2, 0) is 11.2 Å². The Bertz CT molecular complexity index is 467. The number of rotatable bonds is 10. The lowest BCUT2D eigenvalue weighted by Crippen LogP contribution is -2.43. The van der Waals surface area contributed by atoms with Crippen molar-refractivity contribution in [2.75, 3.05) is 46.9 Å². The number of thiophene rings is 1. The molecule has 1 rings (SSSR count). The van der Waals surface area contributed by atoms with Crippen molar-refractivity contribution in [2.24, 2.45) is 4.99 Å². The first kappa shape index (κ1) is 23.6. The zero-order chi connectivity index (χ0) is 17.1. The maximum atomic E-state index is 5.09. The lowest BCUT2D eigenvalue weighted by molar-refractivity contribution is 0.163. The molecule has 0 aromatic carbocycles. The van der Waals surface area contributed by atoms with Gasteiger partial charge < -0.3 is 20.3 Å². The number of hydrogen-bond donors (Lipinski definition) is 2. The smallest absolute Gasteiger partial charge is 0.191 e. The van der Waals surface area contributed by atoms with Crippen molar-refractivity contribution < 1.29 is 4.74 Å². The van der Waals surface area contributed by atoms with E-state index in [1.165, 1.54) is 9.75 Å². The Balaban J connectivity index is 0.00000529. The summed E-state index contributed by atoms with van der Waals surface area (Å²) < 4.78 is 5.09. The van der Waals surface area contributed by atoms with Crippen molar-refractivity contribution >= 4 is 41.3 Å². The fourth-order valence-corrected chi connectivity index (χ4v) is 3.21. The van der Waals surface area contributed by atoms with E-state index >= 15 is 0 Å². The molecule has 0 aliphatic carbocycles. The van der Waals surface area contributed by atoms with Gasteiger partial charge in [0.2, 0.25) is 0 Å². The van der Waals surface area contributed by atoms with E-state index in [2.05, 4.69) is 60.5 Å². The highest BCUT2D eigenvalue weighted by Gasteiger charge is 2.08. The summed E-state index contributed by atoms with van der Waals surface area (Å²) in [5.41, 5.74) is 0. The third-order valence-corrected chi connectivity index (χ3v) is 4.48. The molecule has 0 fully saturated rings. The number of ether oxygens (including phenoxy) is 1. The molecular formula is C17H33IN4OS. The van der Waals surface area contributed by atoms with Gasteiger partial charge in [0, 0.05) is 49.0 Å². The van der Waals surface area contributed by atoms with Gasteiger partial charge in [0.1, 0.15) is 0 Å². The molecule has 1 atom stereocenters. The molecule has 1 unspecified atom stereocenters. The van der Waals surface area contributed by atoms with Gasteiger partial charge >= 0.3 is 0 Å². The summed E-state index contributed by atoms with van der Waals surface area (Å²) >= 11 is 1.87. The average Bonchev–Trinajstić information content (AvgIpc) is 2.90. The molecule has 0 saturated heterocycles. The highest BCUT2D eigenvalue weighted by molar-refractivity contribution is 14.0. The van der Waals surface area contributed by atoms with Gasteiger partial charge in [-0.15, -0.1) is 35.3 Å². The lowest BCUT2D eigenvalue weighted by Gasteiger charge is -2.18. The van der Waals surface area contributed by atoms with Gasteiger partial charge in [0.15, 0.2) is 5.96 Å². The van der Waals surface area contributed by atoms with Crippen molar-refractivity contribution in [3.8, 4) is 0 Å². The predicted octanol–water partition coefficient (Wildman–Crippen LogP) is 2.74. The molecule has 0 saturated carbocycles. The zero-order valence-corrected chi connectivity index (χ0v) is 18.7. The molecule has 1 aromatic rings. The van der Waals surface area contributed by atoms with Crippen LogP contribution in [0.2, 0.25) is 0 Å².